The van der Waals surface area contributed by atoms with Crippen molar-refractivity contribution >= 4 is 17.8 Å². The molecule has 1 aliphatic rings. The van der Waals surface area contributed by atoms with Gasteiger partial charge >= 0.3 is 0 Å². The summed E-state index contributed by atoms with van der Waals surface area (Å²) in [5, 5.41) is 12.3. The van der Waals surface area contributed by atoms with Gasteiger partial charge in [0, 0.05) is 31.7 Å². The van der Waals surface area contributed by atoms with Crippen LogP contribution in [0.2, 0.25) is 0 Å². The molecule has 20 heavy (non-hydrogen) atoms. The Labute approximate surface area is 118 Å². The first-order valence-electron chi connectivity index (χ1n) is 6.69. The molecule has 2 heterocycles. The molecule has 1 aromatic rings. The van der Waals surface area contributed by atoms with E-state index in [1.54, 1.807) is 0 Å². The summed E-state index contributed by atoms with van der Waals surface area (Å²) in [4.78, 5) is 14.6. The van der Waals surface area contributed by atoms with Crippen LogP contribution in [0.3, 0.4) is 0 Å². The van der Waals surface area contributed by atoms with Crippen molar-refractivity contribution in [2.45, 2.75) is 13.8 Å². The van der Waals surface area contributed by atoms with Gasteiger partial charge < -0.3 is 25.8 Å². The van der Waals surface area contributed by atoms with Gasteiger partial charge in [-0.25, -0.2) is 0 Å². The summed E-state index contributed by atoms with van der Waals surface area (Å²) in [6, 6.07) is 0. The Morgan fingerprint density at radius 3 is 2.65 bits per heavy atom. The van der Waals surface area contributed by atoms with E-state index in [0.717, 1.165) is 13.1 Å². The van der Waals surface area contributed by atoms with Gasteiger partial charge in [-0.15, -0.1) is 0 Å². The first-order valence-corrected chi connectivity index (χ1v) is 6.69. The molecular formula is C12H22N6O2. The smallest absolute Gasteiger partial charge is 0.232 e. The van der Waals surface area contributed by atoms with Crippen molar-refractivity contribution in [3.05, 3.63) is 0 Å². The minimum atomic E-state index is -0.249. The van der Waals surface area contributed by atoms with Crippen LogP contribution < -0.4 is 16.0 Å². The molecular weight excluding hydrogens is 260 g/mol. The number of hydrogen-bond acceptors (Lipinski definition) is 8. The molecule has 0 amide bonds. The minimum Gasteiger partial charge on any atom is -0.396 e. The zero-order valence-corrected chi connectivity index (χ0v) is 12.0. The van der Waals surface area contributed by atoms with Gasteiger partial charge in [-0.05, 0) is 0 Å². The summed E-state index contributed by atoms with van der Waals surface area (Å²) in [6.45, 7) is 7.33. The number of ether oxygens (including phenoxy) is 1. The van der Waals surface area contributed by atoms with Crippen LogP contribution in [0.1, 0.15) is 13.8 Å². The first-order chi connectivity index (χ1) is 9.50. The van der Waals surface area contributed by atoms with Gasteiger partial charge in [0.1, 0.15) is 0 Å². The predicted molar refractivity (Wildman–Crippen MR) is 76.6 cm³/mol. The van der Waals surface area contributed by atoms with E-state index in [2.05, 4.69) is 20.3 Å². The average Bonchev–Trinajstić information content (AvgIpc) is 2.46. The maximum Gasteiger partial charge on any atom is 0.232 e. The van der Waals surface area contributed by atoms with Crippen LogP contribution in [0.15, 0.2) is 0 Å². The molecule has 8 nitrogen and oxygen atoms in total. The van der Waals surface area contributed by atoms with Crippen molar-refractivity contribution in [1.29, 1.82) is 0 Å². The van der Waals surface area contributed by atoms with Gasteiger partial charge in [-0.3, -0.25) is 0 Å². The van der Waals surface area contributed by atoms with E-state index in [4.69, 9.17) is 10.5 Å². The van der Waals surface area contributed by atoms with E-state index in [-0.39, 0.29) is 18.0 Å². The molecule has 112 valence electrons. The summed E-state index contributed by atoms with van der Waals surface area (Å²) >= 11 is 0. The number of aliphatic hydroxyl groups is 1. The topological polar surface area (TPSA) is 109 Å². The van der Waals surface area contributed by atoms with Crippen LogP contribution in [-0.4, -0.2) is 59.5 Å². The van der Waals surface area contributed by atoms with Gasteiger partial charge in [0.25, 0.3) is 0 Å². The Kier molecular flexibility index (Phi) is 4.56. The molecule has 1 fully saturated rings. The number of aliphatic hydroxyl groups excluding tert-OH is 1. The lowest BCUT2D eigenvalue weighted by Crippen LogP contribution is -2.37. The van der Waals surface area contributed by atoms with Crippen LogP contribution in [0.4, 0.5) is 17.8 Å². The molecule has 2 rings (SSSR count). The second-order valence-corrected chi connectivity index (χ2v) is 5.59. The number of hydrogen-bond donors (Lipinski definition) is 3. The molecule has 0 saturated carbocycles. The number of morpholine rings is 1. The summed E-state index contributed by atoms with van der Waals surface area (Å²) in [5.41, 5.74) is 5.48. The van der Waals surface area contributed by atoms with Gasteiger partial charge in [-0.2, -0.15) is 15.0 Å². The van der Waals surface area contributed by atoms with Gasteiger partial charge in [-0.1, -0.05) is 13.8 Å². The maximum absolute atomic E-state index is 9.25. The van der Waals surface area contributed by atoms with Crippen molar-refractivity contribution < 1.29 is 9.84 Å². The number of aromatic nitrogens is 3. The Bertz CT molecular complexity index is 448. The number of anilines is 3. The monoisotopic (exact) mass is 282 g/mol. The number of nitrogen functional groups attached to an aromatic ring is 1. The zero-order valence-electron chi connectivity index (χ0n) is 12.0. The molecule has 0 aromatic carbocycles. The van der Waals surface area contributed by atoms with Crippen molar-refractivity contribution in [1.82, 2.24) is 15.0 Å². The molecule has 1 saturated heterocycles. The number of nitrogens with zero attached hydrogens (tertiary/aromatic N) is 4. The SMILES string of the molecule is CC(C)(CO)CNc1nc(N)nc(N2CCOCC2)n1. The molecule has 8 heteroatoms. The van der Waals surface area contributed by atoms with E-state index in [1.807, 2.05) is 18.7 Å². The fourth-order valence-electron chi connectivity index (χ4n) is 1.74. The van der Waals surface area contributed by atoms with E-state index >= 15 is 0 Å². The van der Waals surface area contributed by atoms with Crippen LogP contribution in [0.5, 0.6) is 0 Å². The van der Waals surface area contributed by atoms with Gasteiger partial charge in [0.15, 0.2) is 0 Å². The average molecular weight is 282 g/mol. The minimum absolute atomic E-state index is 0.0802. The highest BCUT2D eigenvalue weighted by molar-refractivity contribution is 5.42. The summed E-state index contributed by atoms with van der Waals surface area (Å²) in [6.07, 6.45) is 0. The number of nitrogens with one attached hydrogen (secondary N) is 1. The van der Waals surface area contributed by atoms with Crippen LogP contribution in [-0.2, 0) is 4.74 Å². The highest BCUT2D eigenvalue weighted by Gasteiger charge is 2.19. The Hall–Kier alpha value is -1.67. The Balaban J connectivity index is 2.08. The summed E-state index contributed by atoms with van der Waals surface area (Å²) in [5.74, 6) is 1.18. The largest absolute Gasteiger partial charge is 0.396 e. The Morgan fingerprint density at radius 1 is 1.30 bits per heavy atom. The second-order valence-electron chi connectivity index (χ2n) is 5.59. The maximum atomic E-state index is 9.25. The van der Waals surface area contributed by atoms with E-state index in [1.165, 1.54) is 0 Å². The molecule has 0 bridgehead atoms. The van der Waals surface area contributed by atoms with Crippen molar-refractivity contribution in [2.24, 2.45) is 5.41 Å². The number of rotatable bonds is 5. The van der Waals surface area contributed by atoms with E-state index in [0.29, 0.717) is 31.7 Å². The molecule has 1 aromatic heterocycles. The highest BCUT2D eigenvalue weighted by Crippen LogP contribution is 2.17. The van der Waals surface area contributed by atoms with E-state index < -0.39 is 0 Å². The van der Waals surface area contributed by atoms with Crippen molar-refractivity contribution in [3.8, 4) is 0 Å². The van der Waals surface area contributed by atoms with E-state index in [9.17, 15) is 5.11 Å². The normalized spacial score (nSPS) is 16.2. The third kappa shape index (κ3) is 3.91. The lowest BCUT2D eigenvalue weighted by atomic mass is 9.95. The lowest BCUT2D eigenvalue weighted by molar-refractivity contribution is 0.122. The van der Waals surface area contributed by atoms with Crippen LogP contribution >= 0.6 is 0 Å². The van der Waals surface area contributed by atoms with Crippen LogP contribution in [0.25, 0.3) is 0 Å². The molecule has 0 spiro atoms. The van der Waals surface area contributed by atoms with Gasteiger partial charge in [0.2, 0.25) is 17.8 Å². The third-order valence-corrected chi connectivity index (χ3v) is 3.09. The van der Waals surface area contributed by atoms with Crippen molar-refractivity contribution in [3.63, 3.8) is 0 Å². The van der Waals surface area contributed by atoms with Crippen LogP contribution in [0, 0.1) is 5.41 Å². The fourth-order valence-corrected chi connectivity index (χ4v) is 1.74. The van der Waals surface area contributed by atoms with Gasteiger partial charge in [0.05, 0.1) is 13.2 Å². The molecule has 0 radical (unpaired) electrons. The lowest BCUT2D eigenvalue weighted by Gasteiger charge is -2.27. The molecule has 1 aliphatic heterocycles. The first kappa shape index (κ1) is 14.7. The molecule has 0 atom stereocenters. The van der Waals surface area contributed by atoms with Crippen molar-refractivity contribution in [2.75, 3.05) is 55.4 Å². The molecule has 0 aliphatic carbocycles. The quantitative estimate of drug-likeness (QED) is 0.676. The standard InChI is InChI=1S/C12H22N6O2/c1-12(2,8-19)7-14-10-15-9(13)16-11(17-10)18-3-5-20-6-4-18/h19H,3-8H2,1-2H3,(H3,13,14,15,16,17). The number of nitrogens with two attached hydrogens (primary N) is 1. The Morgan fingerprint density at radius 2 is 2.00 bits per heavy atom. The summed E-state index contributed by atoms with van der Waals surface area (Å²) < 4.78 is 5.30. The third-order valence-electron chi connectivity index (χ3n) is 3.09. The second kappa shape index (κ2) is 6.19. The predicted octanol–water partition coefficient (Wildman–Crippen LogP) is -0.279. The molecule has 4 N–H and O–H groups in total. The summed E-state index contributed by atoms with van der Waals surface area (Å²) in [7, 11) is 0. The fraction of sp³-hybridized carbons (Fsp3) is 0.750. The highest BCUT2D eigenvalue weighted by atomic mass is 16.5. The zero-order chi connectivity index (χ0) is 14.6. The molecule has 0 unspecified atom stereocenters.